The summed E-state index contributed by atoms with van der Waals surface area (Å²) in [6, 6.07) is 6.29. The number of unbranched alkanes of at least 4 members (excludes halogenated alkanes) is 3. The molecule has 0 aliphatic carbocycles. The molecule has 17 heavy (non-hydrogen) atoms. The molecule has 0 aliphatic heterocycles. The average molecular weight is 277 g/mol. The van der Waals surface area contributed by atoms with Gasteiger partial charge in [0.15, 0.2) is 0 Å². The van der Waals surface area contributed by atoms with Gasteiger partial charge in [-0.1, -0.05) is 49.9 Å². The van der Waals surface area contributed by atoms with E-state index in [4.69, 9.17) is 15.8 Å². The van der Waals surface area contributed by atoms with E-state index in [0.717, 1.165) is 25.7 Å². The third kappa shape index (κ3) is 4.66. The molecule has 0 heterocycles. The average Bonchev–Trinajstić information content (AvgIpc) is 2.29. The zero-order valence-electron chi connectivity index (χ0n) is 9.86. The van der Waals surface area contributed by atoms with Crippen molar-refractivity contribution >= 4 is 21.7 Å². The molecular weight excluding hydrogens is 260 g/mol. The summed E-state index contributed by atoms with van der Waals surface area (Å²) in [5.41, 5.74) is 0. The maximum absolute atomic E-state index is 11.8. The Morgan fingerprint density at radius 2 is 1.88 bits per heavy atom. The molecule has 96 valence electrons. The van der Waals surface area contributed by atoms with Crippen LogP contribution in [0.15, 0.2) is 29.2 Å². The van der Waals surface area contributed by atoms with Gasteiger partial charge >= 0.3 is 0 Å². The highest BCUT2D eigenvalue weighted by atomic mass is 35.5. The summed E-state index contributed by atoms with van der Waals surface area (Å²) >= 11 is 5.81. The Morgan fingerprint density at radius 3 is 2.53 bits per heavy atom. The van der Waals surface area contributed by atoms with Crippen LogP contribution >= 0.6 is 11.6 Å². The topological polar surface area (TPSA) is 43.4 Å². The third-order valence-corrected chi connectivity index (χ3v) is 4.16. The van der Waals surface area contributed by atoms with Crippen LogP contribution in [0, 0.1) is 0 Å². The fourth-order valence-electron chi connectivity index (χ4n) is 1.41. The van der Waals surface area contributed by atoms with Crippen LogP contribution in [-0.2, 0) is 14.3 Å². The van der Waals surface area contributed by atoms with Gasteiger partial charge < -0.3 is 0 Å². The molecule has 0 saturated heterocycles. The fraction of sp³-hybridized carbons (Fsp3) is 0.500. The standard InChI is InChI=1S/C12H17ClO3S/c1-2-3-4-7-10-16-17(14,15)12-9-6-5-8-11(12)13/h5-6,8-9H,2-4,7,10H2,1H3. The van der Waals surface area contributed by atoms with E-state index in [1.54, 1.807) is 12.1 Å². The molecule has 1 aromatic carbocycles. The molecule has 1 rings (SSSR count). The van der Waals surface area contributed by atoms with Gasteiger partial charge in [0.25, 0.3) is 10.1 Å². The largest absolute Gasteiger partial charge is 0.298 e. The Bertz CT molecular complexity index is 443. The lowest BCUT2D eigenvalue weighted by molar-refractivity contribution is 0.307. The Hall–Kier alpha value is -0.580. The number of benzene rings is 1. The monoisotopic (exact) mass is 276 g/mol. The molecule has 0 saturated carbocycles. The molecule has 0 spiro atoms. The Morgan fingerprint density at radius 1 is 1.18 bits per heavy atom. The van der Waals surface area contributed by atoms with Crippen molar-refractivity contribution in [1.82, 2.24) is 0 Å². The van der Waals surface area contributed by atoms with Crippen LogP contribution < -0.4 is 0 Å². The van der Waals surface area contributed by atoms with Crippen molar-refractivity contribution in [3.05, 3.63) is 29.3 Å². The summed E-state index contributed by atoms with van der Waals surface area (Å²) in [6.45, 7) is 2.31. The van der Waals surface area contributed by atoms with Gasteiger partial charge in [0.1, 0.15) is 4.90 Å². The van der Waals surface area contributed by atoms with E-state index in [-0.39, 0.29) is 16.5 Å². The first kappa shape index (κ1) is 14.5. The van der Waals surface area contributed by atoms with Crippen LogP contribution in [-0.4, -0.2) is 15.0 Å². The Kier molecular flexibility index (Phi) is 5.95. The van der Waals surface area contributed by atoms with E-state index < -0.39 is 10.1 Å². The van der Waals surface area contributed by atoms with Crippen molar-refractivity contribution < 1.29 is 12.6 Å². The van der Waals surface area contributed by atoms with Crippen molar-refractivity contribution in [1.29, 1.82) is 0 Å². The van der Waals surface area contributed by atoms with Crippen LogP contribution in [0.25, 0.3) is 0 Å². The van der Waals surface area contributed by atoms with E-state index >= 15 is 0 Å². The zero-order chi connectivity index (χ0) is 12.7. The minimum absolute atomic E-state index is 0.0390. The molecule has 0 atom stereocenters. The first-order chi connectivity index (χ1) is 8.08. The van der Waals surface area contributed by atoms with E-state index in [1.165, 1.54) is 12.1 Å². The highest BCUT2D eigenvalue weighted by Gasteiger charge is 2.17. The Labute approximate surface area is 108 Å². The minimum atomic E-state index is -3.71. The summed E-state index contributed by atoms with van der Waals surface area (Å²) in [5, 5.41) is 0.195. The molecule has 0 amide bonds. The van der Waals surface area contributed by atoms with Crippen molar-refractivity contribution in [3.8, 4) is 0 Å². The maximum Gasteiger partial charge on any atom is 0.298 e. The number of halogens is 1. The van der Waals surface area contributed by atoms with Gasteiger partial charge in [0, 0.05) is 0 Å². The van der Waals surface area contributed by atoms with Crippen LogP contribution in [0.2, 0.25) is 5.02 Å². The molecule has 0 aliphatic rings. The smallest absolute Gasteiger partial charge is 0.266 e. The van der Waals surface area contributed by atoms with E-state index in [9.17, 15) is 8.42 Å². The first-order valence-corrected chi connectivity index (χ1v) is 7.50. The quantitative estimate of drug-likeness (QED) is 0.564. The first-order valence-electron chi connectivity index (χ1n) is 5.72. The molecule has 1 aromatic rings. The zero-order valence-corrected chi connectivity index (χ0v) is 11.4. The summed E-state index contributed by atoms with van der Waals surface area (Å²) in [7, 11) is -3.71. The summed E-state index contributed by atoms with van der Waals surface area (Å²) < 4.78 is 28.5. The van der Waals surface area contributed by atoms with Crippen LogP contribution in [0.1, 0.15) is 32.6 Å². The van der Waals surface area contributed by atoms with Crippen LogP contribution in [0.4, 0.5) is 0 Å². The summed E-state index contributed by atoms with van der Waals surface area (Å²) in [4.78, 5) is 0.0390. The summed E-state index contributed by atoms with van der Waals surface area (Å²) in [6.07, 6.45) is 3.93. The van der Waals surface area contributed by atoms with Gasteiger partial charge in [-0.2, -0.15) is 8.42 Å². The van der Waals surface area contributed by atoms with Crippen molar-refractivity contribution in [2.45, 2.75) is 37.5 Å². The second-order valence-electron chi connectivity index (χ2n) is 3.77. The molecule has 0 aromatic heterocycles. The van der Waals surface area contributed by atoms with Gasteiger partial charge in [-0.3, -0.25) is 4.18 Å². The second-order valence-corrected chi connectivity index (χ2v) is 5.76. The molecule has 5 heteroatoms. The molecule has 0 fully saturated rings. The van der Waals surface area contributed by atoms with E-state index in [1.807, 2.05) is 0 Å². The van der Waals surface area contributed by atoms with Crippen molar-refractivity contribution in [2.75, 3.05) is 6.61 Å². The van der Waals surface area contributed by atoms with Gasteiger partial charge in [0.2, 0.25) is 0 Å². The summed E-state index contributed by atoms with van der Waals surface area (Å²) in [5.74, 6) is 0. The van der Waals surface area contributed by atoms with Gasteiger partial charge in [-0.25, -0.2) is 0 Å². The van der Waals surface area contributed by atoms with Crippen LogP contribution in [0.5, 0.6) is 0 Å². The fourth-order valence-corrected chi connectivity index (χ4v) is 2.84. The molecule has 3 nitrogen and oxygen atoms in total. The highest BCUT2D eigenvalue weighted by molar-refractivity contribution is 7.86. The number of hydrogen-bond acceptors (Lipinski definition) is 3. The molecule has 0 radical (unpaired) electrons. The predicted octanol–water partition coefficient (Wildman–Crippen LogP) is 3.63. The maximum atomic E-state index is 11.8. The second kappa shape index (κ2) is 6.99. The van der Waals surface area contributed by atoms with Crippen LogP contribution in [0.3, 0.4) is 0 Å². The highest BCUT2D eigenvalue weighted by Crippen LogP contribution is 2.22. The SMILES string of the molecule is CCCCCCOS(=O)(=O)c1ccccc1Cl. The van der Waals surface area contributed by atoms with Gasteiger partial charge in [-0.05, 0) is 18.6 Å². The van der Waals surface area contributed by atoms with Crippen molar-refractivity contribution in [2.24, 2.45) is 0 Å². The third-order valence-electron chi connectivity index (χ3n) is 2.34. The van der Waals surface area contributed by atoms with E-state index in [2.05, 4.69) is 6.92 Å². The molecule has 0 unspecified atom stereocenters. The Balaban J connectivity index is 2.55. The number of rotatable bonds is 7. The molecule has 0 bridgehead atoms. The lowest BCUT2D eigenvalue weighted by Crippen LogP contribution is -2.08. The number of hydrogen-bond donors (Lipinski definition) is 0. The van der Waals surface area contributed by atoms with Gasteiger partial charge in [0.05, 0.1) is 11.6 Å². The van der Waals surface area contributed by atoms with E-state index in [0.29, 0.717) is 0 Å². The lowest BCUT2D eigenvalue weighted by atomic mass is 10.2. The minimum Gasteiger partial charge on any atom is -0.266 e. The lowest BCUT2D eigenvalue weighted by Gasteiger charge is -2.06. The van der Waals surface area contributed by atoms with Crippen molar-refractivity contribution in [3.63, 3.8) is 0 Å². The molecular formula is C12H17ClO3S. The predicted molar refractivity (Wildman–Crippen MR) is 68.7 cm³/mol. The normalized spacial score (nSPS) is 11.6. The van der Waals surface area contributed by atoms with Gasteiger partial charge in [-0.15, -0.1) is 0 Å². The molecule has 0 N–H and O–H groups in total.